The Morgan fingerprint density at radius 1 is 1.27 bits per heavy atom. The largest absolute Gasteiger partial charge is 0.482 e. The smallest absolute Gasteiger partial charge is 0.262 e. The molecule has 26 heavy (non-hydrogen) atoms. The van der Waals surface area contributed by atoms with Gasteiger partial charge in [-0.05, 0) is 55.2 Å². The molecule has 0 radical (unpaired) electrons. The molecule has 0 aliphatic carbocycles. The fraction of sp³-hybridized carbons (Fsp3) is 0.300. The van der Waals surface area contributed by atoms with Gasteiger partial charge in [0.05, 0.1) is 5.69 Å². The molecule has 0 bridgehead atoms. The predicted molar refractivity (Wildman–Crippen MR) is 94.7 cm³/mol. The van der Waals surface area contributed by atoms with Gasteiger partial charge in [0.15, 0.2) is 6.61 Å². The number of nitrogens with one attached hydrogen (secondary N) is 1. The average molecular weight is 354 g/mol. The topological polar surface area (TPSA) is 58.6 Å². The number of nitrogens with zero attached hydrogens (tertiary/aromatic N) is 1. The Bertz CT molecular complexity index is 868. The summed E-state index contributed by atoms with van der Waals surface area (Å²) in [6.45, 7) is 0.668. The maximum Gasteiger partial charge on any atom is 0.262 e. The molecule has 6 heteroatoms. The quantitative estimate of drug-likeness (QED) is 0.922. The molecule has 1 saturated heterocycles. The summed E-state index contributed by atoms with van der Waals surface area (Å²) in [5.74, 6) is 0.00135. The molecule has 134 valence electrons. The van der Waals surface area contributed by atoms with Gasteiger partial charge in [0, 0.05) is 18.2 Å². The molecule has 0 saturated carbocycles. The number of anilines is 1. The van der Waals surface area contributed by atoms with Gasteiger partial charge in [0.2, 0.25) is 0 Å². The van der Waals surface area contributed by atoms with Crippen LogP contribution in [-0.4, -0.2) is 35.9 Å². The maximum atomic E-state index is 13.4. The Morgan fingerprint density at radius 3 is 3.00 bits per heavy atom. The van der Waals surface area contributed by atoms with Crippen molar-refractivity contribution in [2.45, 2.75) is 25.3 Å². The second kappa shape index (κ2) is 6.78. The predicted octanol–water partition coefficient (Wildman–Crippen LogP) is 3.00. The zero-order valence-corrected chi connectivity index (χ0v) is 14.2. The third kappa shape index (κ3) is 3.27. The summed E-state index contributed by atoms with van der Waals surface area (Å²) >= 11 is 0. The molecular formula is C20H19FN2O3. The lowest BCUT2D eigenvalue weighted by atomic mass is 10.0. The van der Waals surface area contributed by atoms with E-state index >= 15 is 0 Å². The molecule has 2 aliphatic rings. The number of carbonyl (C=O) groups excluding carboxylic acids is 2. The van der Waals surface area contributed by atoms with Crippen LogP contribution >= 0.6 is 0 Å². The van der Waals surface area contributed by atoms with Crippen LogP contribution in [0.5, 0.6) is 5.75 Å². The minimum Gasteiger partial charge on any atom is -0.482 e. The van der Waals surface area contributed by atoms with E-state index in [1.165, 1.54) is 12.1 Å². The first-order valence-corrected chi connectivity index (χ1v) is 8.72. The molecule has 1 atom stereocenters. The van der Waals surface area contributed by atoms with Crippen LogP contribution in [0.4, 0.5) is 10.1 Å². The third-order valence-corrected chi connectivity index (χ3v) is 4.86. The summed E-state index contributed by atoms with van der Waals surface area (Å²) < 4.78 is 18.8. The molecule has 0 aromatic heterocycles. The van der Waals surface area contributed by atoms with E-state index in [1.807, 2.05) is 11.0 Å². The molecule has 5 nitrogen and oxygen atoms in total. The van der Waals surface area contributed by atoms with Gasteiger partial charge in [-0.2, -0.15) is 0 Å². The number of hydrogen-bond acceptors (Lipinski definition) is 3. The van der Waals surface area contributed by atoms with Crippen molar-refractivity contribution in [1.82, 2.24) is 4.90 Å². The fourth-order valence-electron chi connectivity index (χ4n) is 3.63. The van der Waals surface area contributed by atoms with Crippen LogP contribution < -0.4 is 10.1 Å². The summed E-state index contributed by atoms with van der Waals surface area (Å²) in [6.07, 6.45) is 2.46. The van der Waals surface area contributed by atoms with Gasteiger partial charge in [-0.1, -0.05) is 12.1 Å². The number of likely N-dealkylation sites (tertiary alicyclic amines) is 1. The van der Waals surface area contributed by atoms with E-state index in [0.29, 0.717) is 30.0 Å². The highest BCUT2D eigenvalue weighted by Crippen LogP contribution is 2.30. The molecule has 2 heterocycles. The van der Waals surface area contributed by atoms with E-state index in [9.17, 15) is 14.0 Å². The van der Waals surface area contributed by atoms with Crippen LogP contribution in [0.15, 0.2) is 42.5 Å². The highest BCUT2D eigenvalue weighted by Gasteiger charge is 2.30. The normalized spacial score (nSPS) is 18.9. The molecule has 2 amide bonds. The van der Waals surface area contributed by atoms with Gasteiger partial charge >= 0.3 is 0 Å². The minimum absolute atomic E-state index is 0.0118. The van der Waals surface area contributed by atoms with Gasteiger partial charge in [-0.15, -0.1) is 0 Å². The molecule has 2 aliphatic heterocycles. The van der Waals surface area contributed by atoms with E-state index < -0.39 is 0 Å². The summed E-state index contributed by atoms with van der Waals surface area (Å²) in [7, 11) is 0. The summed E-state index contributed by atoms with van der Waals surface area (Å²) in [5, 5.41) is 2.73. The molecule has 2 aromatic rings. The number of benzene rings is 2. The number of hydrogen-bond donors (Lipinski definition) is 1. The van der Waals surface area contributed by atoms with Crippen molar-refractivity contribution in [3.05, 3.63) is 59.4 Å². The average Bonchev–Trinajstić information content (AvgIpc) is 3.08. The standard InChI is InChI=1S/C20H19FN2O3/c21-15-4-1-3-13(9-15)10-16-5-2-8-23(16)20(25)14-6-7-18-17(11-14)22-19(24)12-26-18/h1,3-4,6-7,9,11,16H,2,5,8,10,12H2,(H,22,24). The van der Waals surface area contributed by atoms with Crippen LogP contribution in [0.2, 0.25) is 0 Å². The number of fused-ring (bicyclic) bond motifs is 1. The molecule has 4 rings (SSSR count). The van der Waals surface area contributed by atoms with Crippen LogP contribution in [0.25, 0.3) is 0 Å². The van der Waals surface area contributed by atoms with Crippen molar-refractivity contribution in [2.75, 3.05) is 18.5 Å². The minimum atomic E-state index is -0.260. The molecular weight excluding hydrogens is 335 g/mol. The Hall–Kier alpha value is -2.89. The first kappa shape index (κ1) is 16.6. The third-order valence-electron chi connectivity index (χ3n) is 4.86. The van der Waals surface area contributed by atoms with Gasteiger partial charge in [0.1, 0.15) is 11.6 Å². The molecule has 1 N–H and O–H groups in total. The maximum absolute atomic E-state index is 13.4. The van der Waals surface area contributed by atoms with Crippen LogP contribution in [0.3, 0.4) is 0 Å². The molecule has 1 fully saturated rings. The summed E-state index contributed by atoms with van der Waals surface area (Å²) in [5.41, 5.74) is 1.93. The van der Waals surface area contributed by atoms with E-state index in [2.05, 4.69) is 5.32 Å². The van der Waals surface area contributed by atoms with Gasteiger partial charge in [-0.3, -0.25) is 9.59 Å². The SMILES string of the molecule is O=C1COc2ccc(C(=O)N3CCCC3Cc3cccc(F)c3)cc2N1. The summed E-state index contributed by atoms with van der Waals surface area (Å²) in [6, 6.07) is 11.7. The number of carbonyl (C=O) groups is 2. The Morgan fingerprint density at radius 2 is 2.15 bits per heavy atom. The number of ether oxygens (including phenoxy) is 1. The Labute approximate surface area is 150 Å². The van der Waals surface area contributed by atoms with E-state index in [-0.39, 0.29) is 30.3 Å². The Kier molecular flexibility index (Phi) is 4.32. The lowest BCUT2D eigenvalue weighted by Gasteiger charge is -2.26. The van der Waals surface area contributed by atoms with Gasteiger partial charge < -0.3 is 15.0 Å². The second-order valence-corrected chi connectivity index (χ2v) is 6.68. The van der Waals surface area contributed by atoms with Crippen LogP contribution in [0.1, 0.15) is 28.8 Å². The second-order valence-electron chi connectivity index (χ2n) is 6.68. The molecule has 2 aromatic carbocycles. The number of amides is 2. The highest BCUT2D eigenvalue weighted by molar-refractivity contribution is 6.00. The van der Waals surface area contributed by atoms with Crippen molar-refractivity contribution in [3.63, 3.8) is 0 Å². The lowest BCUT2D eigenvalue weighted by molar-refractivity contribution is -0.118. The zero-order valence-electron chi connectivity index (χ0n) is 14.2. The molecule has 1 unspecified atom stereocenters. The van der Waals surface area contributed by atoms with E-state index in [1.54, 1.807) is 24.3 Å². The van der Waals surface area contributed by atoms with Crippen molar-refractivity contribution in [2.24, 2.45) is 0 Å². The van der Waals surface area contributed by atoms with Gasteiger partial charge in [0.25, 0.3) is 11.8 Å². The van der Waals surface area contributed by atoms with Crippen molar-refractivity contribution >= 4 is 17.5 Å². The molecule has 0 spiro atoms. The van der Waals surface area contributed by atoms with Crippen molar-refractivity contribution in [1.29, 1.82) is 0 Å². The van der Waals surface area contributed by atoms with Crippen molar-refractivity contribution in [3.8, 4) is 5.75 Å². The number of halogens is 1. The van der Waals surface area contributed by atoms with E-state index in [0.717, 1.165) is 18.4 Å². The van der Waals surface area contributed by atoms with Gasteiger partial charge in [-0.25, -0.2) is 4.39 Å². The Balaban J connectivity index is 1.53. The zero-order chi connectivity index (χ0) is 18.1. The monoisotopic (exact) mass is 354 g/mol. The number of rotatable bonds is 3. The van der Waals surface area contributed by atoms with Crippen LogP contribution in [0, 0.1) is 5.82 Å². The van der Waals surface area contributed by atoms with E-state index in [4.69, 9.17) is 4.74 Å². The highest BCUT2D eigenvalue weighted by atomic mass is 19.1. The first-order chi connectivity index (χ1) is 12.6. The summed E-state index contributed by atoms with van der Waals surface area (Å²) in [4.78, 5) is 26.3. The van der Waals surface area contributed by atoms with Crippen LogP contribution in [-0.2, 0) is 11.2 Å². The van der Waals surface area contributed by atoms with Crippen molar-refractivity contribution < 1.29 is 18.7 Å². The fourth-order valence-corrected chi connectivity index (χ4v) is 3.63. The lowest BCUT2D eigenvalue weighted by Crippen LogP contribution is -2.37. The first-order valence-electron chi connectivity index (χ1n) is 8.72.